The molecule has 0 radical (unpaired) electrons. The molecule has 5 nitrogen and oxygen atoms in total. The molecule has 0 aliphatic carbocycles. The van der Waals surface area contributed by atoms with Gasteiger partial charge in [-0.05, 0) is 31.2 Å². The van der Waals surface area contributed by atoms with E-state index in [4.69, 9.17) is 16.4 Å². The highest BCUT2D eigenvalue weighted by molar-refractivity contribution is 7.92. The maximum absolute atomic E-state index is 12.5. The van der Waals surface area contributed by atoms with E-state index in [2.05, 4.69) is 4.98 Å². The van der Waals surface area contributed by atoms with Gasteiger partial charge >= 0.3 is 0 Å². The van der Waals surface area contributed by atoms with E-state index in [0.29, 0.717) is 0 Å². The number of rotatable bonds is 4. The van der Waals surface area contributed by atoms with Crippen molar-refractivity contribution in [3.63, 3.8) is 0 Å². The number of aryl methyl sites for hydroxylation is 1. The van der Waals surface area contributed by atoms with E-state index in [0.717, 1.165) is 10.0 Å². The number of nitrogens with zero attached hydrogens (tertiary/aromatic N) is 2. The summed E-state index contributed by atoms with van der Waals surface area (Å²) in [5.41, 5.74) is 1.25. The Labute approximate surface area is 122 Å². The molecule has 0 N–H and O–H groups in total. The molecule has 1 aromatic carbocycles. The highest BCUT2D eigenvalue weighted by Crippen LogP contribution is 2.24. The van der Waals surface area contributed by atoms with Gasteiger partial charge in [-0.2, -0.15) is 8.42 Å². The number of halogens is 1. The lowest BCUT2D eigenvalue weighted by Crippen LogP contribution is -2.30. The first kappa shape index (κ1) is 14.8. The average molecular weight is 313 g/mol. The molecule has 20 heavy (non-hydrogen) atoms. The Morgan fingerprint density at radius 2 is 1.80 bits per heavy atom. The van der Waals surface area contributed by atoms with E-state index in [9.17, 15) is 8.42 Å². The summed E-state index contributed by atoms with van der Waals surface area (Å²) in [7, 11) is -2.53. The zero-order valence-electron chi connectivity index (χ0n) is 10.9. The van der Waals surface area contributed by atoms with Crippen LogP contribution in [0, 0.1) is 6.92 Å². The predicted octanol–water partition coefficient (Wildman–Crippen LogP) is 2.80. The third-order valence-electron chi connectivity index (χ3n) is 2.63. The molecule has 0 saturated carbocycles. The van der Waals surface area contributed by atoms with E-state index in [1.165, 1.54) is 37.6 Å². The molecule has 1 heterocycles. The van der Waals surface area contributed by atoms with E-state index < -0.39 is 10.0 Å². The summed E-state index contributed by atoms with van der Waals surface area (Å²) in [5, 5.41) is 0.275. The normalized spacial score (nSPS) is 11.3. The molecule has 0 atom stereocenters. The summed E-state index contributed by atoms with van der Waals surface area (Å²) in [6.45, 7) is 1.88. The summed E-state index contributed by atoms with van der Waals surface area (Å²) in [5.74, 6) is 0. The lowest BCUT2D eigenvalue weighted by molar-refractivity contribution is 0.216. The third-order valence-corrected chi connectivity index (χ3v) is 4.51. The van der Waals surface area contributed by atoms with Crippen molar-refractivity contribution in [2.45, 2.75) is 11.8 Å². The van der Waals surface area contributed by atoms with Gasteiger partial charge in [0.2, 0.25) is 0 Å². The third kappa shape index (κ3) is 2.92. The van der Waals surface area contributed by atoms with Crippen molar-refractivity contribution in [3.05, 3.63) is 53.3 Å². The molecule has 0 bridgehead atoms. The second-order valence-corrected chi connectivity index (χ2v) is 6.21. The van der Waals surface area contributed by atoms with Crippen LogP contribution in [0.15, 0.2) is 47.5 Å². The molecule has 1 aromatic heterocycles. The molecular formula is C13H13ClN2O3S. The van der Waals surface area contributed by atoms with Gasteiger partial charge in [0, 0.05) is 0 Å². The van der Waals surface area contributed by atoms with Gasteiger partial charge in [0.1, 0.15) is 10.8 Å². The van der Waals surface area contributed by atoms with Crippen LogP contribution in [0.2, 0.25) is 5.15 Å². The zero-order chi connectivity index (χ0) is 14.8. The van der Waals surface area contributed by atoms with E-state index in [1.54, 1.807) is 12.1 Å². The van der Waals surface area contributed by atoms with Crippen LogP contribution in [0.5, 0.6) is 0 Å². The predicted molar refractivity (Wildman–Crippen MR) is 77.1 cm³/mol. The van der Waals surface area contributed by atoms with Gasteiger partial charge in [0.05, 0.1) is 18.2 Å². The van der Waals surface area contributed by atoms with Crippen LogP contribution in [0.25, 0.3) is 0 Å². The minimum absolute atomic E-state index is 0.139. The molecule has 0 aliphatic heterocycles. The Balaban J connectivity index is 2.44. The van der Waals surface area contributed by atoms with E-state index >= 15 is 0 Å². The fraction of sp³-hybridized carbons (Fsp3) is 0.154. The summed E-state index contributed by atoms with van der Waals surface area (Å²) in [6, 6.07) is 9.51. The summed E-state index contributed by atoms with van der Waals surface area (Å²) in [4.78, 5) is 8.98. The Bertz CT molecular complexity index is 685. The maximum Gasteiger partial charge on any atom is 0.286 e. The number of anilines is 1. The molecule has 0 amide bonds. The van der Waals surface area contributed by atoms with Crippen molar-refractivity contribution in [1.29, 1.82) is 0 Å². The molecule has 0 unspecified atom stereocenters. The number of hydrogen-bond acceptors (Lipinski definition) is 4. The first-order valence-corrected chi connectivity index (χ1v) is 7.54. The molecule has 2 aromatic rings. The minimum Gasteiger partial charge on any atom is -0.262 e. The smallest absolute Gasteiger partial charge is 0.262 e. The Kier molecular flexibility index (Phi) is 4.27. The fourth-order valence-corrected chi connectivity index (χ4v) is 2.99. The average Bonchev–Trinajstić information content (AvgIpc) is 2.42. The highest BCUT2D eigenvalue weighted by Gasteiger charge is 2.25. The van der Waals surface area contributed by atoms with Crippen LogP contribution >= 0.6 is 11.6 Å². The van der Waals surface area contributed by atoms with Crippen molar-refractivity contribution >= 4 is 27.3 Å². The van der Waals surface area contributed by atoms with Crippen LogP contribution in [-0.4, -0.2) is 20.5 Å². The quantitative estimate of drug-likeness (QED) is 0.643. The van der Waals surface area contributed by atoms with Gasteiger partial charge in [-0.1, -0.05) is 29.3 Å². The number of sulfonamides is 1. The Hall–Kier alpha value is -1.63. The summed E-state index contributed by atoms with van der Waals surface area (Å²) >= 11 is 5.69. The lowest BCUT2D eigenvalue weighted by Gasteiger charge is -2.21. The molecular weight excluding hydrogens is 300 g/mol. The maximum atomic E-state index is 12.5. The second kappa shape index (κ2) is 5.78. The SMILES string of the molecule is CON(c1ccc(Cl)nc1)S(=O)(=O)c1ccc(C)cc1. The van der Waals surface area contributed by atoms with Crippen LogP contribution in [0.1, 0.15) is 5.56 Å². The molecule has 0 spiro atoms. The number of aromatic nitrogens is 1. The van der Waals surface area contributed by atoms with Crippen LogP contribution < -0.4 is 4.47 Å². The van der Waals surface area contributed by atoms with Crippen LogP contribution in [-0.2, 0) is 14.9 Å². The van der Waals surface area contributed by atoms with Gasteiger partial charge < -0.3 is 0 Å². The van der Waals surface area contributed by atoms with Crippen molar-refractivity contribution in [1.82, 2.24) is 4.98 Å². The lowest BCUT2D eigenvalue weighted by atomic mass is 10.2. The largest absolute Gasteiger partial charge is 0.286 e. The topological polar surface area (TPSA) is 59.5 Å². The van der Waals surface area contributed by atoms with Crippen molar-refractivity contribution in [2.75, 3.05) is 11.6 Å². The van der Waals surface area contributed by atoms with Crippen LogP contribution in [0.3, 0.4) is 0 Å². The van der Waals surface area contributed by atoms with Crippen molar-refractivity contribution in [2.24, 2.45) is 0 Å². The highest BCUT2D eigenvalue weighted by atomic mass is 35.5. The molecule has 2 rings (SSSR count). The number of hydrogen-bond donors (Lipinski definition) is 0. The number of benzene rings is 1. The first-order chi connectivity index (χ1) is 9.45. The van der Waals surface area contributed by atoms with E-state index in [1.807, 2.05) is 6.92 Å². The Morgan fingerprint density at radius 3 is 2.30 bits per heavy atom. The molecule has 0 aliphatic rings. The summed E-state index contributed by atoms with van der Waals surface area (Å²) in [6.07, 6.45) is 1.33. The molecule has 0 fully saturated rings. The second-order valence-electron chi connectivity index (χ2n) is 4.07. The number of pyridine rings is 1. The zero-order valence-corrected chi connectivity index (χ0v) is 12.5. The van der Waals surface area contributed by atoms with E-state index in [-0.39, 0.29) is 15.7 Å². The summed E-state index contributed by atoms with van der Waals surface area (Å²) < 4.78 is 25.8. The minimum atomic E-state index is -3.81. The van der Waals surface area contributed by atoms with Gasteiger partial charge in [-0.15, -0.1) is 4.47 Å². The van der Waals surface area contributed by atoms with Gasteiger partial charge in [0.25, 0.3) is 10.0 Å². The van der Waals surface area contributed by atoms with Crippen molar-refractivity contribution < 1.29 is 13.3 Å². The van der Waals surface area contributed by atoms with Crippen LogP contribution in [0.4, 0.5) is 5.69 Å². The van der Waals surface area contributed by atoms with Gasteiger partial charge in [-0.25, -0.2) is 4.98 Å². The Morgan fingerprint density at radius 1 is 1.15 bits per heavy atom. The van der Waals surface area contributed by atoms with Gasteiger partial charge in [-0.3, -0.25) is 4.84 Å². The molecule has 7 heteroatoms. The molecule has 106 valence electrons. The van der Waals surface area contributed by atoms with Gasteiger partial charge in [0.15, 0.2) is 0 Å². The monoisotopic (exact) mass is 312 g/mol. The fourth-order valence-electron chi connectivity index (χ4n) is 1.62. The van der Waals surface area contributed by atoms with Crippen molar-refractivity contribution in [3.8, 4) is 0 Å². The standard InChI is InChI=1S/C13H13ClN2O3S/c1-10-3-6-12(7-4-10)20(17,18)16(19-2)11-5-8-13(14)15-9-11/h3-9H,1-2H3. The first-order valence-electron chi connectivity index (χ1n) is 5.73. The molecule has 0 saturated heterocycles.